The smallest absolute Gasteiger partial charge is 0.246 e. The molecule has 0 fully saturated rings. The van der Waals surface area contributed by atoms with Gasteiger partial charge in [-0.25, -0.2) is 4.39 Å². The van der Waals surface area contributed by atoms with E-state index in [1.54, 1.807) is 31.2 Å². The normalized spacial score (nSPS) is 10.8. The van der Waals surface area contributed by atoms with Crippen LogP contribution < -0.4 is 4.74 Å². The van der Waals surface area contributed by atoms with Crippen molar-refractivity contribution in [3.63, 3.8) is 0 Å². The van der Waals surface area contributed by atoms with Gasteiger partial charge in [0.25, 0.3) is 0 Å². The van der Waals surface area contributed by atoms with E-state index in [-0.39, 0.29) is 11.7 Å². The van der Waals surface area contributed by atoms with Crippen LogP contribution >= 0.6 is 15.9 Å². The summed E-state index contributed by atoms with van der Waals surface area (Å²) in [6.45, 7) is 0.466. The molecule has 0 aliphatic rings. The molecule has 0 N–H and O–H groups in total. The molecule has 3 nitrogen and oxygen atoms in total. The summed E-state index contributed by atoms with van der Waals surface area (Å²) >= 11 is 3.28. The molecule has 0 aliphatic heterocycles. The van der Waals surface area contributed by atoms with E-state index in [1.165, 1.54) is 18.2 Å². The second kappa shape index (κ2) is 7.92. The maximum Gasteiger partial charge on any atom is 0.246 e. The van der Waals surface area contributed by atoms with Crippen LogP contribution in [0.1, 0.15) is 11.1 Å². The summed E-state index contributed by atoms with van der Waals surface area (Å²) in [6, 6.07) is 12.1. The third-order valence-electron chi connectivity index (χ3n) is 3.32. The number of hydrogen-bond acceptors (Lipinski definition) is 2. The van der Waals surface area contributed by atoms with Crippen LogP contribution in [0.4, 0.5) is 4.39 Å². The fourth-order valence-electron chi connectivity index (χ4n) is 2.01. The van der Waals surface area contributed by atoms with Gasteiger partial charge < -0.3 is 9.64 Å². The largest absolute Gasteiger partial charge is 0.497 e. The molecule has 0 saturated heterocycles. The number of amides is 1. The highest BCUT2D eigenvalue weighted by Crippen LogP contribution is 2.17. The molecule has 2 aromatic carbocycles. The Bertz CT molecular complexity index is 713. The molecule has 0 spiro atoms. The zero-order valence-electron chi connectivity index (χ0n) is 12.9. The summed E-state index contributed by atoms with van der Waals surface area (Å²) in [5.74, 6) is 0.211. The van der Waals surface area contributed by atoms with E-state index in [1.807, 2.05) is 24.3 Å². The summed E-state index contributed by atoms with van der Waals surface area (Å²) in [5, 5.41) is 0. The summed E-state index contributed by atoms with van der Waals surface area (Å²) in [4.78, 5) is 13.7. The van der Waals surface area contributed by atoms with E-state index >= 15 is 0 Å². The highest BCUT2D eigenvalue weighted by atomic mass is 79.9. The van der Waals surface area contributed by atoms with Crippen LogP contribution in [-0.4, -0.2) is 25.0 Å². The zero-order chi connectivity index (χ0) is 16.8. The lowest BCUT2D eigenvalue weighted by atomic mass is 10.2. The Morgan fingerprint density at radius 3 is 2.61 bits per heavy atom. The first-order chi connectivity index (χ1) is 11.0. The van der Waals surface area contributed by atoms with Crippen molar-refractivity contribution in [1.29, 1.82) is 0 Å². The quantitative estimate of drug-likeness (QED) is 0.728. The first kappa shape index (κ1) is 17.2. The van der Waals surface area contributed by atoms with Crippen molar-refractivity contribution >= 4 is 27.9 Å². The molecule has 0 bridgehead atoms. The zero-order valence-corrected chi connectivity index (χ0v) is 14.5. The van der Waals surface area contributed by atoms with Gasteiger partial charge in [-0.05, 0) is 42.0 Å². The highest BCUT2D eigenvalue weighted by Gasteiger charge is 2.07. The van der Waals surface area contributed by atoms with Gasteiger partial charge in [0.1, 0.15) is 11.6 Å². The average molecular weight is 378 g/mol. The van der Waals surface area contributed by atoms with Gasteiger partial charge in [-0.2, -0.15) is 0 Å². The van der Waals surface area contributed by atoms with Crippen LogP contribution in [0.2, 0.25) is 0 Å². The van der Waals surface area contributed by atoms with Gasteiger partial charge in [0.05, 0.1) is 7.11 Å². The Morgan fingerprint density at radius 1 is 1.26 bits per heavy atom. The Morgan fingerprint density at radius 2 is 1.96 bits per heavy atom. The van der Waals surface area contributed by atoms with Crippen LogP contribution in [0.15, 0.2) is 53.0 Å². The fourth-order valence-corrected chi connectivity index (χ4v) is 2.39. The maximum atomic E-state index is 13.6. The van der Waals surface area contributed by atoms with Crippen LogP contribution in [0.5, 0.6) is 5.75 Å². The highest BCUT2D eigenvalue weighted by molar-refractivity contribution is 9.10. The number of rotatable bonds is 5. The number of ether oxygens (including phenoxy) is 1. The lowest BCUT2D eigenvalue weighted by molar-refractivity contribution is -0.125. The molecule has 0 aliphatic carbocycles. The molecule has 23 heavy (non-hydrogen) atoms. The molecule has 2 aromatic rings. The number of methoxy groups -OCH3 is 1. The Labute approximate surface area is 143 Å². The molecular formula is C18H17BrFNO2. The number of benzene rings is 2. The van der Waals surface area contributed by atoms with Crippen molar-refractivity contribution in [2.75, 3.05) is 14.2 Å². The van der Waals surface area contributed by atoms with Gasteiger partial charge in [0, 0.05) is 29.7 Å². The first-order valence-corrected chi connectivity index (χ1v) is 7.80. The molecule has 0 aromatic heterocycles. The number of hydrogen-bond donors (Lipinski definition) is 0. The standard InChI is InChI=1S/C18H17BrFNO2/c1-21(12-13-3-7-16(23-2)8-4-13)18(22)10-5-14-11-15(19)6-9-17(14)20/h3-11H,12H2,1-2H3/b10-5+. The van der Waals surface area contributed by atoms with E-state index < -0.39 is 0 Å². The number of carbonyl (C=O) groups is 1. The molecule has 0 atom stereocenters. The van der Waals surface area contributed by atoms with Gasteiger partial charge in [0.2, 0.25) is 5.91 Å². The number of halogens is 2. The van der Waals surface area contributed by atoms with E-state index in [9.17, 15) is 9.18 Å². The maximum absolute atomic E-state index is 13.6. The van der Waals surface area contributed by atoms with E-state index in [0.717, 1.165) is 15.8 Å². The lowest BCUT2D eigenvalue weighted by Gasteiger charge is -2.15. The third kappa shape index (κ3) is 4.93. The second-order valence-corrected chi connectivity index (χ2v) is 5.96. The Kier molecular flexibility index (Phi) is 5.93. The fraction of sp³-hybridized carbons (Fsp3) is 0.167. The molecule has 2 rings (SSSR count). The van der Waals surface area contributed by atoms with Crippen LogP contribution in [0.25, 0.3) is 6.08 Å². The average Bonchev–Trinajstić information content (AvgIpc) is 2.56. The Balaban J connectivity index is 2.01. The summed E-state index contributed by atoms with van der Waals surface area (Å²) in [6.07, 6.45) is 2.85. The first-order valence-electron chi connectivity index (χ1n) is 7.01. The summed E-state index contributed by atoms with van der Waals surface area (Å²) < 4.78 is 19.5. The van der Waals surface area contributed by atoms with Crippen molar-refractivity contribution in [2.24, 2.45) is 0 Å². The number of nitrogens with zero attached hydrogens (tertiary/aromatic N) is 1. The van der Waals surface area contributed by atoms with E-state index in [4.69, 9.17) is 4.74 Å². The van der Waals surface area contributed by atoms with E-state index in [2.05, 4.69) is 15.9 Å². The van der Waals surface area contributed by atoms with Crippen LogP contribution in [0, 0.1) is 5.82 Å². The van der Waals surface area contributed by atoms with Crippen molar-refractivity contribution in [3.8, 4) is 5.75 Å². The summed E-state index contributed by atoms with van der Waals surface area (Å²) in [5.41, 5.74) is 1.36. The van der Waals surface area contributed by atoms with Gasteiger partial charge >= 0.3 is 0 Å². The molecule has 1 amide bonds. The molecule has 5 heteroatoms. The number of carbonyl (C=O) groups excluding carboxylic acids is 1. The van der Waals surface area contributed by atoms with Crippen molar-refractivity contribution in [3.05, 3.63) is 70.0 Å². The summed E-state index contributed by atoms with van der Waals surface area (Å²) in [7, 11) is 3.31. The van der Waals surface area contributed by atoms with E-state index in [0.29, 0.717) is 12.1 Å². The third-order valence-corrected chi connectivity index (χ3v) is 3.81. The minimum absolute atomic E-state index is 0.194. The topological polar surface area (TPSA) is 29.5 Å². The van der Waals surface area contributed by atoms with Gasteiger partial charge in [0.15, 0.2) is 0 Å². The van der Waals surface area contributed by atoms with Crippen molar-refractivity contribution < 1.29 is 13.9 Å². The lowest BCUT2D eigenvalue weighted by Crippen LogP contribution is -2.24. The SMILES string of the molecule is COc1ccc(CN(C)C(=O)/C=C/c2cc(Br)ccc2F)cc1. The molecular weight excluding hydrogens is 361 g/mol. The molecule has 0 heterocycles. The van der Waals surface area contributed by atoms with Crippen molar-refractivity contribution in [2.45, 2.75) is 6.54 Å². The minimum atomic E-state index is -0.366. The van der Waals surface area contributed by atoms with Gasteiger partial charge in [-0.1, -0.05) is 28.1 Å². The second-order valence-electron chi connectivity index (χ2n) is 5.04. The van der Waals surface area contributed by atoms with Crippen molar-refractivity contribution in [1.82, 2.24) is 4.90 Å². The molecule has 120 valence electrons. The van der Waals surface area contributed by atoms with Gasteiger partial charge in [-0.15, -0.1) is 0 Å². The molecule has 0 saturated carbocycles. The van der Waals surface area contributed by atoms with Crippen LogP contribution in [0.3, 0.4) is 0 Å². The predicted octanol–water partition coefficient (Wildman–Crippen LogP) is 4.27. The molecule has 0 radical (unpaired) electrons. The predicted molar refractivity (Wildman–Crippen MR) is 92.6 cm³/mol. The minimum Gasteiger partial charge on any atom is -0.497 e. The van der Waals surface area contributed by atoms with Crippen LogP contribution in [-0.2, 0) is 11.3 Å². The van der Waals surface area contributed by atoms with Gasteiger partial charge in [-0.3, -0.25) is 4.79 Å². The monoisotopic (exact) mass is 377 g/mol. The Hall–Kier alpha value is -2.14. The number of likely N-dealkylation sites (N-methyl/N-ethyl adjacent to an activating group) is 1. The molecule has 0 unspecified atom stereocenters.